The van der Waals surface area contributed by atoms with Crippen LogP contribution < -0.4 is 0 Å². The van der Waals surface area contributed by atoms with Crippen molar-refractivity contribution >= 4 is 12.0 Å². The molecule has 5 aliphatic rings. The van der Waals surface area contributed by atoms with Crippen molar-refractivity contribution in [3.05, 3.63) is 29.1 Å². The molecule has 2 unspecified atom stereocenters. The van der Waals surface area contributed by atoms with Gasteiger partial charge in [0.1, 0.15) is 6.61 Å². The number of fused-ring (bicyclic) bond motifs is 2. The number of carbonyl (C=O) groups excluding carboxylic acids is 2. The van der Waals surface area contributed by atoms with Gasteiger partial charge in [0.2, 0.25) is 5.91 Å². The molecule has 0 spiro atoms. The lowest BCUT2D eigenvalue weighted by Gasteiger charge is -2.37. The number of amides is 2. The van der Waals surface area contributed by atoms with Crippen molar-refractivity contribution in [2.75, 3.05) is 79.4 Å². The Balaban J connectivity index is 1.17. The molecule has 13 heteroatoms. The molecule has 0 bridgehead atoms. The number of methoxy groups -OCH3 is 1. The van der Waals surface area contributed by atoms with Crippen molar-refractivity contribution in [3.8, 4) is 0 Å². The Morgan fingerprint density at radius 2 is 1.95 bits per heavy atom. The van der Waals surface area contributed by atoms with Gasteiger partial charge in [0.15, 0.2) is 0 Å². The van der Waals surface area contributed by atoms with Crippen LogP contribution >= 0.6 is 0 Å². The molecule has 2 amide bonds. The molecule has 5 atom stereocenters. The molecule has 1 saturated carbocycles. The van der Waals surface area contributed by atoms with E-state index >= 15 is 0 Å². The van der Waals surface area contributed by atoms with Gasteiger partial charge in [-0.1, -0.05) is 0 Å². The third-order valence-corrected chi connectivity index (χ3v) is 10.4. The Hall–Kier alpha value is -2.48. The highest BCUT2D eigenvalue weighted by atomic mass is 19.4. The van der Waals surface area contributed by atoms with Gasteiger partial charge >= 0.3 is 12.3 Å². The fourth-order valence-electron chi connectivity index (χ4n) is 8.12. The van der Waals surface area contributed by atoms with Gasteiger partial charge in [0.05, 0.1) is 36.9 Å². The predicted molar refractivity (Wildman–Crippen MR) is 152 cm³/mol. The average Bonchev–Trinajstić information content (AvgIpc) is 3.55. The summed E-state index contributed by atoms with van der Waals surface area (Å²) in [4.78, 5) is 37.3. The van der Waals surface area contributed by atoms with Crippen LogP contribution in [0.25, 0.3) is 0 Å². The lowest BCUT2D eigenvalue weighted by molar-refractivity contribution is -0.144. The topological polar surface area (TPSA) is 93.7 Å². The fourth-order valence-corrected chi connectivity index (χ4v) is 8.12. The quantitative estimate of drug-likeness (QED) is 0.457. The highest BCUT2D eigenvalue weighted by Gasteiger charge is 2.60. The highest BCUT2D eigenvalue weighted by Crippen LogP contribution is 2.54. The van der Waals surface area contributed by atoms with E-state index in [-0.39, 0.29) is 43.5 Å². The number of nitrogens with zero attached hydrogens (tertiary/aromatic N) is 4. The van der Waals surface area contributed by atoms with Crippen LogP contribution in [0.3, 0.4) is 0 Å². The zero-order valence-corrected chi connectivity index (χ0v) is 25.4. The van der Waals surface area contributed by atoms with Crippen LogP contribution in [0, 0.1) is 23.2 Å². The lowest BCUT2D eigenvalue weighted by Crippen LogP contribution is -2.49. The molecule has 44 heavy (non-hydrogen) atoms. The smallest absolute Gasteiger partial charge is 0.417 e. The van der Waals surface area contributed by atoms with Gasteiger partial charge < -0.3 is 28.7 Å². The summed E-state index contributed by atoms with van der Waals surface area (Å²) in [5, 5.41) is 0. The molecular formula is C31H43F3N4O6. The molecule has 6 rings (SSSR count). The zero-order chi connectivity index (χ0) is 30.9. The second kappa shape index (κ2) is 13.1. The summed E-state index contributed by atoms with van der Waals surface area (Å²) in [5.41, 5.74) is -0.570. The molecule has 0 N–H and O–H groups in total. The first-order valence-electron chi connectivity index (χ1n) is 15.8. The van der Waals surface area contributed by atoms with Crippen molar-refractivity contribution < 1.29 is 41.7 Å². The van der Waals surface area contributed by atoms with Crippen LogP contribution in [0.4, 0.5) is 18.0 Å². The van der Waals surface area contributed by atoms with Crippen LogP contribution in [0.5, 0.6) is 0 Å². The van der Waals surface area contributed by atoms with E-state index in [1.165, 1.54) is 0 Å². The van der Waals surface area contributed by atoms with Gasteiger partial charge in [0, 0.05) is 77.8 Å². The largest absolute Gasteiger partial charge is 0.448 e. The Morgan fingerprint density at radius 1 is 1.14 bits per heavy atom. The second-order valence-electron chi connectivity index (χ2n) is 13.0. The molecule has 10 nitrogen and oxygen atoms in total. The third-order valence-electron chi connectivity index (χ3n) is 10.4. The molecule has 0 aromatic carbocycles. The van der Waals surface area contributed by atoms with E-state index in [1.54, 1.807) is 16.9 Å². The Bertz CT molecular complexity index is 1200. The van der Waals surface area contributed by atoms with Crippen LogP contribution in [0.1, 0.15) is 42.5 Å². The van der Waals surface area contributed by atoms with Crippen LogP contribution in [-0.2, 0) is 42.9 Å². The SMILES string of the molecule is COC1COCCC1C[C@@H]1C[C@H]2CN(C(=O)OCCN3CCOCC3)C[C@@]2(C(=O)N2CCc3ncc(C(F)(F)F)cc3C2)C1. The number of hydrogen-bond donors (Lipinski definition) is 0. The summed E-state index contributed by atoms with van der Waals surface area (Å²) in [6.45, 7) is 6.26. The summed E-state index contributed by atoms with van der Waals surface area (Å²) in [7, 11) is 1.70. The Morgan fingerprint density at radius 3 is 2.73 bits per heavy atom. The Labute approximate surface area is 256 Å². The normalized spacial score (nSPS) is 31.1. The molecule has 4 aliphatic heterocycles. The first-order chi connectivity index (χ1) is 21.2. The molecule has 244 valence electrons. The monoisotopic (exact) mass is 624 g/mol. The van der Waals surface area contributed by atoms with Crippen LogP contribution in [-0.4, -0.2) is 117 Å². The van der Waals surface area contributed by atoms with Crippen molar-refractivity contribution in [1.82, 2.24) is 19.7 Å². The fraction of sp³-hybridized carbons (Fsp3) is 0.774. The number of carbonyl (C=O) groups is 2. The number of rotatable bonds is 7. The molecule has 1 aromatic heterocycles. The number of aromatic nitrogens is 1. The number of hydrogen-bond acceptors (Lipinski definition) is 8. The maximum atomic E-state index is 14.5. The molecule has 4 fully saturated rings. The minimum absolute atomic E-state index is 0.0164. The van der Waals surface area contributed by atoms with E-state index in [4.69, 9.17) is 18.9 Å². The molecule has 1 aromatic rings. The number of alkyl halides is 3. The summed E-state index contributed by atoms with van der Waals surface area (Å²) in [5.74, 6) is 0.486. The van der Waals surface area contributed by atoms with Gasteiger partial charge in [-0.25, -0.2) is 4.79 Å². The molecule has 1 aliphatic carbocycles. The summed E-state index contributed by atoms with van der Waals surface area (Å²) >= 11 is 0. The van der Waals surface area contributed by atoms with Crippen molar-refractivity contribution in [2.24, 2.45) is 23.2 Å². The van der Waals surface area contributed by atoms with E-state index in [2.05, 4.69) is 9.88 Å². The van der Waals surface area contributed by atoms with Gasteiger partial charge in [-0.3, -0.25) is 14.7 Å². The number of morpholine rings is 1. The van der Waals surface area contributed by atoms with Gasteiger partial charge in [-0.15, -0.1) is 0 Å². The molecule has 5 heterocycles. The third kappa shape index (κ3) is 6.56. The van der Waals surface area contributed by atoms with E-state index in [0.717, 1.165) is 44.6 Å². The first-order valence-corrected chi connectivity index (χ1v) is 15.8. The first kappa shape index (κ1) is 31.5. The van der Waals surface area contributed by atoms with E-state index in [1.807, 2.05) is 0 Å². The number of ether oxygens (including phenoxy) is 4. The average molecular weight is 625 g/mol. The summed E-state index contributed by atoms with van der Waals surface area (Å²) < 4.78 is 62.7. The minimum Gasteiger partial charge on any atom is -0.448 e. The number of halogens is 3. The standard InChI is InChI=1S/C31H43F3N4O6/c1-41-27-19-43-8-3-22(27)12-21-13-25-18-38(29(40)44-11-7-36-5-9-42-10-6-36)20-30(25,15-21)28(39)37-4-2-26-23(17-37)14-24(16-35-26)31(32,33)34/h14,16,21-22,25,27H,2-13,15,17-20H2,1H3/t21-,22?,25+,27?,30+/m1/s1. The molecule has 0 radical (unpaired) electrons. The van der Waals surface area contributed by atoms with Gasteiger partial charge in [-0.05, 0) is 55.1 Å². The van der Waals surface area contributed by atoms with Crippen molar-refractivity contribution in [3.63, 3.8) is 0 Å². The minimum atomic E-state index is -4.50. The maximum absolute atomic E-state index is 14.5. The van der Waals surface area contributed by atoms with Crippen molar-refractivity contribution in [1.29, 1.82) is 0 Å². The summed E-state index contributed by atoms with van der Waals surface area (Å²) in [6, 6.07) is 1.12. The zero-order valence-electron chi connectivity index (χ0n) is 25.4. The van der Waals surface area contributed by atoms with Crippen molar-refractivity contribution in [2.45, 2.75) is 50.9 Å². The maximum Gasteiger partial charge on any atom is 0.417 e. The molecular weight excluding hydrogens is 581 g/mol. The van der Waals surface area contributed by atoms with Crippen LogP contribution in [0.2, 0.25) is 0 Å². The van der Waals surface area contributed by atoms with E-state index in [0.29, 0.717) is 76.1 Å². The second-order valence-corrected chi connectivity index (χ2v) is 13.0. The lowest BCUT2D eigenvalue weighted by atomic mass is 9.78. The molecule has 3 saturated heterocycles. The summed E-state index contributed by atoms with van der Waals surface area (Å²) in [6.07, 6.45) is -0.378. The van der Waals surface area contributed by atoms with E-state index < -0.39 is 23.2 Å². The Kier molecular flexibility index (Phi) is 9.37. The van der Waals surface area contributed by atoms with Gasteiger partial charge in [-0.2, -0.15) is 13.2 Å². The highest BCUT2D eigenvalue weighted by molar-refractivity contribution is 5.85. The van der Waals surface area contributed by atoms with Crippen LogP contribution in [0.15, 0.2) is 12.3 Å². The van der Waals surface area contributed by atoms with Gasteiger partial charge in [0.25, 0.3) is 0 Å². The number of pyridine rings is 1. The van der Waals surface area contributed by atoms with E-state index in [9.17, 15) is 22.8 Å². The predicted octanol–water partition coefficient (Wildman–Crippen LogP) is 3.22. The number of likely N-dealkylation sites (tertiary alicyclic amines) is 1.